The van der Waals surface area contributed by atoms with Crippen LogP contribution in [0.3, 0.4) is 0 Å². The lowest BCUT2D eigenvalue weighted by molar-refractivity contribution is -0.242. The van der Waals surface area contributed by atoms with Gasteiger partial charge in [-0.05, 0) is 159 Å². The Morgan fingerprint density at radius 1 is 0.898 bits per heavy atom. The number of carbonyl (C=O) groups excluding carboxylic acids is 1. The van der Waals surface area contributed by atoms with Crippen molar-refractivity contribution in [2.75, 3.05) is 6.54 Å². The minimum atomic E-state index is -0.283. The van der Waals surface area contributed by atoms with Gasteiger partial charge in [0, 0.05) is 11.6 Å². The van der Waals surface area contributed by atoms with Gasteiger partial charge < -0.3 is 9.88 Å². The van der Waals surface area contributed by atoms with Crippen LogP contribution in [0.15, 0.2) is 42.6 Å². The molecule has 1 N–H and O–H groups in total. The maximum Gasteiger partial charge on any atom is 0.229 e. The standard InChI is InChI=1S/C44H62ClN3O/c1-27(2)31-18-22-44(39(49)48-25-9-10-34(48)38-46-26-33(47-38)29-11-13-30(45)14-12-29)24-23-42(7)32(37(31)44)15-16-36-41(6)20-17-28(3)40(4,5)35(41)19-21-43(36,42)8/h11-14,26,28,31-32,34-37H,1,9-10,15-25H2,2-8H3,(H,46,47)/t28-,31-,32+,34?,35-,36+,37+,41-,42+,43+,44-/m0/s1. The Balaban J connectivity index is 1.12. The Kier molecular flexibility index (Phi) is 7.96. The number of H-pyrrole nitrogens is 1. The monoisotopic (exact) mass is 683 g/mol. The Morgan fingerprint density at radius 3 is 2.39 bits per heavy atom. The number of carbonyl (C=O) groups is 1. The zero-order chi connectivity index (χ0) is 34.7. The first kappa shape index (κ1) is 34.0. The minimum absolute atomic E-state index is 0.0151. The van der Waals surface area contributed by atoms with Crippen LogP contribution in [0.5, 0.6) is 0 Å². The maximum absolute atomic E-state index is 15.4. The predicted octanol–water partition coefficient (Wildman–Crippen LogP) is 11.7. The summed E-state index contributed by atoms with van der Waals surface area (Å²) in [6, 6.07) is 7.93. The van der Waals surface area contributed by atoms with E-state index in [1.165, 1.54) is 50.5 Å². The highest BCUT2D eigenvalue weighted by Crippen LogP contribution is 2.78. The fourth-order valence-electron chi connectivity index (χ4n) is 14.6. The smallest absolute Gasteiger partial charge is 0.229 e. The highest BCUT2D eigenvalue weighted by atomic mass is 35.5. The number of rotatable bonds is 4. The molecule has 4 nitrogen and oxygen atoms in total. The fourth-order valence-corrected chi connectivity index (χ4v) is 14.7. The lowest BCUT2D eigenvalue weighted by atomic mass is 9.32. The van der Waals surface area contributed by atoms with Crippen LogP contribution >= 0.6 is 11.6 Å². The normalized spacial score (nSPS) is 44.1. The summed E-state index contributed by atoms with van der Waals surface area (Å²) in [6.45, 7) is 23.6. The lowest BCUT2D eigenvalue weighted by Gasteiger charge is -2.73. The number of fused-ring (bicyclic) bond motifs is 7. The van der Waals surface area contributed by atoms with Crippen molar-refractivity contribution >= 4 is 17.5 Å². The largest absolute Gasteiger partial charge is 0.340 e. The number of nitrogens with one attached hydrogen (secondary N) is 1. The molecule has 1 aromatic carbocycles. The van der Waals surface area contributed by atoms with Crippen LogP contribution in [-0.4, -0.2) is 27.3 Å². The van der Waals surface area contributed by atoms with E-state index in [1.807, 2.05) is 30.5 Å². The number of benzene rings is 1. The van der Waals surface area contributed by atoms with Gasteiger partial charge in [-0.1, -0.05) is 77.4 Å². The number of hydrogen-bond donors (Lipinski definition) is 1. The van der Waals surface area contributed by atoms with E-state index in [0.29, 0.717) is 39.9 Å². The van der Waals surface area contributed by atoms with Crippen LogP contribution in [0.1, 0.15) is 137 Å². The van der Waals surface area contributed by atoms with E-state index < -0.39 is 0 Å². The van der Waals surface area contributed by atoms with Crippen molar-refractivity contribution in [3.8, 4) is 11.3 Å². The third-order valence-corrected chi connectivity index (χ3v) is 17.9. The van der Waals surface area contributed by atoms with Crippen LogP contribution in [0.4, 0.5) is 0 Å². The highest BCUT2D eigenvalue weighted by Gasteiger charge is 2.72. The molecule has 0 bridgehead atoms. The molecule has 5 heteroatoms. The average Bonchev–Trinajstić information content (AvgIpc) is 3.82. The zero-order valence-electron chi connectivity index (χ0n) is 31.5. The maximum atomic E-state index is 15.4. The van der Waals surface area contributed by atoms with Crippen molar-refractivity contribution in [1.29, 1.82) is 0 Å². The zero-order valence-corrected chi connectivity index (χ0v) is 32.3. The Bertz CT molecular complexity index is 1630. The summed E-state index contributed by atoms with van der Waals surface area (Å²) in [6.07, 6.45) is 16.4. The molecule has 1 amide bonds. The lowest BCUT2D eigenvalue weighted by Crippen LogP contribution is -2.67. The van der Waals surface area contributed by atoms with Gasteiger partial charge in [-0.25, -0.2) is 4.98 Å². The number of allylic oxidation sites excluding steroid dienone is 1. The second kappa shape index (κ2) is 11.5. The average molecular weight is 684 g/mol. The molecule has 5 aliphatic carbocycles. The number of aromatic nitrogens is 2. The van der Waals surface area contributed by atoms with Gasteiger partial charge in [0.15, 0.2) is 0 Å². The molecule has 5 saturated carbocycles. The number of amides is 1. The Labute approximate surface area is 301 Å². The number of hydrogen-bond acceptors (Lipinski definition) is 2. The predicted molar refractivity (Wildman–Crippen MR) is 201 cm³/mol. The van der Waals surface area contributed by atoms with Gasteiger partial charge in [-0.15, -0.1) is 0 Å². The highest BCUT2D eigenvalue weighted by molar-refractivity contribution is 6.30. The molecule has 6 fully saturated rings. The van der Waals surface area contributed by atoms with Gasteiger partial charge in [0.1, 0.15) is 5.82 Å². The molecule has 2 aromatic rings. The molecule has 49 heavy (non-hydrogen) atoms. The second-order valence-corrected chi connectivity index (χ2v) is 19.9. The molecule has 1 aliphatic heterocycles. The second-order valence-electron chi connectivity index (χ2n) is 19.4. The Morgan fingerprint density at radius 2 is 1.65 bits per heavy atom. The summed E-state index contributed by atoms with van der Waals surface area (Å²) in [5, 5.41) is 0.731. The van der Waals surface area contributed by atoms with E-state index in [-0.39, 0.29) is 16.9 Å². The molecule has 1 aromatic heterocycles. The molecular formula is C44H62ClN3O. The van der Waals surface area contributed by atoms with Crippen molar-refractivity contribution < 1.29 is 4.79 Å². The van der Waals surface area contributed by atoms with Gasteiger partial charge in [0.25, 0.3) is 0 Å². The van der Waals surface area contributed by atoms with Gasteiger partial charge in [0.2, 0.25) is 5.91 Å². The van der Waals surface area contributed by atoms with Crippen LogP contribution < -0.4 is 0 Å². The molecule has 266 valence electrons. The number of likely N-dealkylation sites (tertiary alicyclic amines) is 1. The van der Waals surface area contributed by atoms with E-state index in [9.17, 15) is 0 Å². The van der Waals surface area contributed by atoms with E-state index in [2.05, 4.69) is 64.9 Å². The molecule has 8 rings (SSSR count). The third-order valence-electron chi connectivity index (χ3n) is 17.6. The van der Waals surface area contributed by atoms with Crippen molar-refractivity contribution in [3.63, 3.8) is 0 Å². The minimum Gasteiger partial charge on any atom is -0.340 e. The van der Waals surface area contributed by atoms with E-state index in [0.717, 1.165) is 78.5 Å². The van der Waals surface area contributed by atoms with Crippen LogP contribution in [0, 0.1) is 62.6 Å². The first-order valence-corrected chi connectivity index (χ1v) is 20.3. The molecule has 1 unspecified atom stereocenters. The first-order chi connectivity index (χ1) is 23.2. The fraction of sp³-hybridized carbons (Fsp3) is 0.727. The topological polar surface area (TPSA) is 49.0 Å². The first-order valence-electron chi connectivity index (χ1n) is 19.9. The van der Waals surface area contributed by atoms with E-state index in [4.69, 9.17) is 16.6 Å². The van der Waals surface area contributed by atoms with Gasteiger partial charge >= 0.3 is 0 Å². The van der Waals surface area contributed by atoms with Crippen molar-refractivity contribution in [1.82, 2.24) is 14.9 Å². The third kappa shape index (κ3) is 4.66. The summed E-state index contributed by atoms with van der Waals surface area (Å²) in [7, 11) is 0. The summed E-state index contributed by atoms with van der Waals surface area (Å²) in [4.78, 5) is 26.2. The van der Waals surface area contributed by atoms with Crippen LogP contribution in [0.25, 0.3) is 11.3 Å². The summed E-state index contributed by atoms with van der Waals surface area (Å²) < 4.78 is 0. The van der Waals surface area contributed by atoms with E-state index in [1.54, 1.807) is 0 Å². The molecule has 1 saturated heterocycles. The van der Waals surface area contributed by atoms with Gasteiger partial charge in [0.05, 0.1) is 23.3 Å². The number of imidazole rings is 1. The molecule has 0 spiro atoms. The Hall–Kier alpha value is -2.07. The summed E-state index contributed by atoms with van der Waals surface area (Å²) >= 11 is 6.17. The van der Waals surface area contributed by atoms with Crippen molar-refractivity contribution in [2.45, 2.75) is 132 Å². The number of halogens is 1. The molecule has 2 heterocycles. The SMILES string of the molecule is C=C(C)[C@@H]1CC[C@]2(C(=O)N3CCCC3c3ncc(-c4ccc(Cl)cc4)[nH]3)CC[C@]3(C)[C@H](CC[C@@H]4[C@@]5(C)CC[C@H](C)C(C)(C)[C@@H]5CC[C@]43C)[C@@H]12. The van der Waals surface area contributed by atoms with Crippen molar-refractivity contribution in [3.05, 3.63) is 53.5 Å². The quantitative estimate of drug-likeness (QED) is 0.326. The van der Waals surface area contributed by atoms with Gasteiger partial charge in [-0.2, -0.15) is 0 Å². The summed E-state index contributed by atoms with van der Waals surface area (Å²) in [5.74, 6) is 5.17. The van der Waals surface area contributed by atoms with Crippen molar-refractivity contribution in [2.24, 2.45) is 62.6 Å². The van der Waals surface area contributed by atoms with E-state index >= 15 is 4.79 Å². The molecule has 6 aliphatic rings. The molecule has 11 atom stereocenters. The molecular weight excluding hydrogens is 622 g/mol. The van der Waals surface area contributed by atoms with Crippen LogP contribution in [-0.2, 0) is 4.79 Å². The van der Waals surface area contributed by atoms with Gasteiger partial charge in [-0.3, -0.25) is 4.79 Å². The molecule has 0 radical (unpaired) electrons. The summed E-state index contributed by atoms with van der Waals surface area (Å²) in [5.41, 5.74) is 4.49. The number of nitrogens with zero attached hydrogens (tertiary/aromatic N) is 2. The van der Waals surface area contributed by atoms with Crippen LogP contribution in [0.2, 0.25) is 5.02 Å². The number of aromatic amines is 1.